The summed E-state index contributed by atoms with van der Waals surface area (Å²) in [5.74, 6) is 0.620. The largest absolute Gasteiger partial charge is 0.488 e. The summed E-state index contributed by atoms with van der Waals surface area (Å²) in [6.45, 7) is 6.46. The van der Waals surface area contributed by atoms with Crippen LogP contribution in [0.25, 0.3) is 0 Å². The van der Waals surface area contributed by atoms with E-state index >= 15 is 0 Å². The molecule has 0 spiro atoms. The molecule has 0 saturated heterocycles. The summed E-state index contributed by atoms with van der Waals surface area (Å²) in [6, 6.07) is 9.09. The van der Waals surface area contributed by atoms with Gasteiger partial charge in [0.2, 0.25) is 0 Å². The fourth-order valence-electron chi connectivity index (χ4n) is 1.96. The molecule has 0 fully saturated rings. The maximum absolute atomic E-state index is 13.4. The van der Waals surface area contributed by atoms with Crippen LogP contribution < -0.4 is 4.74 Å². The molecule has 1 nitrogen and oxygen atoms in total. The molecule has 0 radical (unpaired) electrons. The Balaban J connectivity index is 2.24. The normalized spacial score (nSPS) is 10.6. The first-order chi connectivity index (χ1) is 9.00. The third-order valence-electron chi connectivity index (χ3n) is 3.28. The molecule has 0 amide bonds. The lowest BCUT2D eigenvalue weighted by atomic mass is 10.1. The summed E-state index contributed by atoms with van der Waals surface area (Å²) in [7, 11) is 0. The van der Waals surface area contributed by atoms with Crippen molar-refractivity contribution in [1.29, 1.82) is 0 Å². The summed E-state index contributed by atoms with van der Waals surface area (Å²) >= 11 is 3.25. The van der Waals surface area contributed by atoms with Crippen molar-refractivity contribution in [3.63, 3.8) is 0 Å². The van der Waals surface area contributed by atoms with Gasteiger partial charge in [0.25, 0.3) is 0 Å². The van der Waals surface area contributed by atoms with Crippen molar-refractivity contribution in [3.8, 4) is 5.75 Å². The highest BCUT2D eigenvalue weighted by Crippen LogP contribution is 2.28. The molecular weight excluding hydrogens is 307 g/mol. The summed E-state index contributed by atoms with van der Waals surface area (Å²) in [4.78, 5) is 0. The van der Waals surface area contributed by atoms with Crippen LogP contribution >= 0.6 is 15.9 Å². The standard InChI is InChI=1S/C16H16BrFO/c1-10-7-8-11(2)16(12(10)3)19-9-13-5-4-6-14(18)15(13)17/h4-8H,9H2,1-3H3. The summed E-state index contributed by atoms with van der Waals surface area (Å²) < 4.78 is 19.8. The van der Waals surface area contributed by atoms with Crippen molar-refractivity contribution in [2.45, 2.75) is 27.4 Å². The molecule has 2 aromatic rings. The number of halogens is 2. The smallest absolute Gasteiger partial charge is 0.137 e. The second-order valence-electron chi connectivity index (χ2n) is 4.66. The predicted octanol–water partition coefficient (Wildman–Crippen LogP) is 5.09. The minimum absolute atomic E-state index is 0.265. The zero-order valence-electron chi connectivity index (χ0n) is 11.3. The molecule has 0 saturated carbocycles. The Hall–Kier alpha value is -1.35. The molecule has 19 heavy (non-hydrogen) atoms. The Morgan fingerprint density at radius 1 is 1.05 bits per heavy atom. The molecule has 2 aromatic carbocycles. The van der Waals surface area contributed by atoms with Gasteiger partial charge >= 0.3 is 0 Å². The molecule has 100 valence electrons. The Morgan fingerprint density at radius 3 is 2.47 bits per heavy atom. The molecule has 0 aliphatic carbocycles. The first-order valence-electron chi connectivity index (χ1n) is 6.13. The van der Waals surface area contributed by atoms with Gasteiger partial charge in [0.15, 0.2) is 0 Å². The van der Waals surface area contributed by atoms with Crippen LogP contribution in [0.3, 0.4) is 0 Å². The van der Waals surface area contributed by atoms with Gasteiger partial charge in [-0.25, -0.2) is 4.39 Å². The van der Waals surface area contributed by atoms with Gasteiger partial charge in [-0.1, -0.05) is 24.3 Å². The van der Waals surface area contributed by atoms with Crippen molar-refractivity contribution in [3.05, 3.63) is 62.9 Å². The summed E-state index contributed by atoms with van der Waals surface area (Å²) in [5.41, 5.74) is 4.22. The quantitative estimate of drug-likeness (QED) is 0.764. The lowest BCUT2D eigenvalue weighted by Crippen LogP contribution is -2.01. The van der Waals surface area contributed by atoms with E-state index in [0.29, 0.717) is 11.1 Å². The van der Waals surface area contributed by atoms with Crippen LogP contribution in [0.4, 0.5) is 4.39 Å². The number of aryl methyl sites for hydroxylation is 2. The number of benzene rings is 2. The fourth-order valence-corrected chi connectivity index (χ4v) is 2.34. The number of hydrogen-bond acceptors (Lipinski definition) is 1. The van der Waals surface area contributed by atoms with Crippen LogP contribution in [0.1, 0.15) is 22.3 Å². The van der Waals surface area contributed by atoms with E-state index in [0.717, 1.165) is 22.4 Å². The van der Waals surface area contributed by atoms with E-state index in [-0.39, 0.29) is 5.82 Å². The van der Waals surface area contributed by atoms with Crippen molar-refractivity contribution in [2.75, 3.05) is 0 Å². The first kappa shape index (κ1) is 14.1. The van der Waals surface area contributed by atoms with E-state index in [1.807, 2.05) is 26.0 Å². The monoisotopic (exact) mass is 322 g/mol. The van der Waals surface area contributed by atoms with Crippen molar-refractivity contribution in [2.24, 2.45) is 0 Å². The number of rotatable bonds is 3. The van der Waals surface area contributed by atoms with Crippen LogP contribution in [0.15, 0.2) is 34.8 Å². The Labute approximate surface area is 121 Å². The molecule has 0 unspecified atom stereocenters. The van der Waals surface area contributed by atoms with Crippen LogP contribution in [-0.2, 0) is 6.61 Å². The van der Waals surface area contributed by atoms with E-state index in [1.54, 1.807) is 6.07 Å². The van der Waals surface area contributed by atoms with Crippen LogP contribution in [-0.4, -0.2) is 0 Å². The van der Waals surface area contributed by atoms with E-state index in [9.17, 15) is 4.39 Å². The topological polar surface area (TPSA) is 9.23 Å². The average Bonchev–Trinajstić information content (AvgIpc) is 2.39. The lowest BCUT2D eigenvalue weighted by molar-refractivity contribution is 0.300. The van der Waals surface area contributed by atoms with Crippen molar-refractivity contribution >= 4 is 15.9 Å². The zero-order chi connectivity index (χ0) is 14.0. The van der Waals surface area contributed by atoms with E-state index in [1.165, 1.54) is 11.6 Å². The minimum Gasteiger partial charge on any atom is -0.488 e. The van der Waals surface area contributed by atoms with Gasteiger partial charge in [-0.05, 0) is 59.5 Å². The lowest BCUT2D eigenvalue weighted by Gasteiger charge is -2.14. The molecule has 0 bridgehead atoms. The third-order valence-corrected chi connectivity index (χ3v) is 4.17. The molecule has 0 aliphatic heterocycles. The van der Waals surface area contributed by atoms with Gasteiger partial charge in [-0.3, -0.25) is 0 Å². The minimum atomic E-state index is -0.265. The van der Waals surface area contributed by atoms with Crippen LogP contribution in [0, 0.1) is 26.6 Å². The van der Waals surface area contributed by atoms with Crippen LogP contribution in [0.5, 0.6) is 5.75 Å². The fraction of sp³-hybridized carbons (Fsp3) is 0.250. The average molecular weight is 323 g/mol. The second-order valence-corrected chi connectivity index (χ2v) is 5.45. The zero-order valence-corrected chi connectivity index (χ0v) is 12.8. The van der Waals surface area contributed by atoms with Gasteiger partial charge < -0.3 is 4.74 Å². The molecule has 0 atom stereocenters. The molecule has 2 rings (SSSR count). The van der Waals surface area contributed by atoms with Crippen LogP contribution in [0.2, 0.25) is 0 Å². The molecule has 0 N–H and O–H groups in total. The molecule has 0 aliphatic rings. The van der Waals surface area contributed by atoms with Gasteiger partial charge in [0.1, 0.15) is 18.2 Å². The van der Waals surface area contributed by atoms with Gasteiger partial charge in [-0.15, -0.1) is 0 Å². The highest BCUT2D eigenvalue weighted by molar-refractivity contribution is 9.10. The van der Waals surface area contributed by atoms with E-state index in [4.69, 9.17) is 4.74 Å². The predicted molar refractivity (Wildman–Crippen MR) is 79.1 cm³/mol. The van der Waals surface area contributed by atoms with Gasteiger partial charge in [0.05, 0.1) is 4.47 Å². The van der Waals surface area contributed by atoms with Gasteiger partial charge in [-0.2, -0.15) is 0 Å². The highest BCUT2D eigenvalue weighted by Gasteiger charge is 2.09. The molecule has 0 heterocycles. The summed E-state index contributed by atoms with van der Waals surface area (Å²) in [5, 5.41) is 0. The van der Waals surface area contributed by atoms with Crippen molar-refractivity contribution in [1.82, 2.24) is 0 Å². The Bertz CT molecular complexity index is 608. The maximum Gasteiger partial charge on any atom is 0.137 e. The maximum atomic E-state index is 13.4. The molecular formula is C16H16BrFO. The Kier molecular flexibility index (Phi) is 4.25. The number of ether oxygens (including phenoxy) is 1. The van der Waals surface area contributed by atoms with E-state index in [2.05, 4.69) is 28.9 Å². The third kappa shape index (κ3) is 2.98. The molecule has 0 aromatic heterocycles. The second kappa shape index (κ2) is 5.74. The first-order valence-corrected chi connectivity index (χ1v) is 6.92. The highest BCUT2D eigenvalue weighted by atomic mass is 79.9. The van der Waals surface area contributed by atoms with Crippen molar-refractivity contribution < 1.29 is 9.13 Å². The summed E-state index contributed by atoms with van der Waals surface area (Å²) in [6.07, 6.45) is 0. The van der Waals surface area contributed by atoms with Gasteiger partial charge in [0, 0.05) is 5.56 Å². The van der Waals surface area contributed by atoms with E-state index < -0.39 is 0 Å². The number of hydrogen-bond donors (Lipinski definition) is 0. The SMILES string of the molecule is Cc1ccc(C)c(OCc2cccc(F)c2Br)c1C. The Morgan fingerprint density at radius 2 is 1.74 bits per heavy atom. The molecule has 3 heteroatoms.